The summed E-state index contributed by atoms with van der Waals surface area (Å²) in [6.07, 6.45) is 0. The van der Waals surface area contributed by atoms with Gasteiger partial charge in [0.15, 0.2) is 5.76 Å². The van der Waals surface area contributed by atoms with Gasteiger partial charge in [-0.25, -0.2) is 0 Å². The van der Waals surface area contributed by atoms with Crippen molar-refractivity contribution < 1.29 is 13.9 Å². The number of nitrogens with zero attached hydrogens (tertiary/aromatic N) is 1. The molecule has 0 aliphatic carbocycles. The third kappa shape index (κ3) is 3.08. The molecule has 1 aliphatic heterocycles. The van der Waals surface area contributed by atoms with E-state index in [1.165, 1.54) is 0 Å². The lowest BCUT2D eigenvalue weighted by Gasteiger charge is -2.30. The lowest BCUT2D eigenvalue weighted by molar-refractivity contribution is 0.0995. The number of carbonyl (C=O) groups excluding carboxylic acids is 1. The predicted molar refractivity (Wildman–Crippen MR) is 80.9 cm³/mol. The van der Waals surface area contributed by atoms with Crippen LogP contribution in [0, 0.1) is 6.92 Å². The molecular formula is C16H18N2O3. The highest BCUT2D eigenvalue weighted by Gasteiger charge is 2.17. The highest BCUT2D eigenvalue weighted by atomic mass is 16.5. The molecule has 0 saturated carbocycles. The first kappa shape index (κ1) is 13.7. The van der Waals surface area contributed by atoms with E-state index in [1.807, 2.05) is 31.2 Å². The number of nitrogens with one attached hydrogen (secondary N) is 1. The van der Waals surface area contributed by atoms with Gasteiger partial charge in [0.2, 0.25) is 0 Å². The molecule has 0 radical (unpaired) electrons. The van der Waals surface area contributed by atoms with Crippen LogP contribution in [0.25, 0.3) is 0 Å². The van der Waals surface area contributed by atoms with E-state index >= 15 is 0 Å². The summed E-state index contributed by atoms with van der Waals surface area (Å²) in [5.74, 6) is 0.815. The van der Waals surface area contributed by atoms with Crippen LogP contribution in [-0.2, 0) is 4.74 Å². The van der Waals surface area contributed by atoms with Gasteiger partial charge in [-0.2, -0.15) is 0 Å². The van der Waals surface area contributed by atoms with Crippen LogP contribution in [0.4, 0.5) is 11.4 Å². The summed E-state index contributed by atoms with van der Waals surface area (Å²) in [5.41, 5.74) is 1.80. The lowest BCUT2D eigenvalue weighted by Crippen LogP contribution is -2.36. The van der Waals surface area contributed by atoms with Crippen LogP contribution >= 0.6 is 0 Å². The molecule has 5 nitrogen and oxygen atoms in total. The molecule has 0 atom stereocenters. The summed E-state index contributed by atoms with van der Waals surface area (Å²) in [5, 5.41) is 2.92. The second-order valence-electron chi connectivity index (χ2n) is 4.98. The number of ether oxygens (including phenoxy) is 1. The number of hydrogen-bond acceptors (Lipinski definition) is 4. The van der Waals surface area contributed by atoms with E-state index in [1.54, 1.807) is 12.1 Å². The molecule has 1 aliphatic rings. The Kier molecular flexibility index (Phi) is 3.92. The van der Waals surface area contributed by atoms with Gasteiger partial charge in [0.1, 0.15) is 5.76 Å². The van der Waals surface area contributed by atoms with Crippen LogP contribution < -0.4 is 10.2 Å². The van der Waals surface area contributed by atoms with E-state index in [9.17, 15) is 4.79 Å². The first-order valence-corrected chi connectivity index (χ1v) is 7.03. The molecule has 1 fully saturated rings. The average molecular weight is 286 g/mol. The summed E-state index contributed by atoms with van der Waals surface area (Å²) < 4.78 is 10.7. The maximum Gasteiger partial charge on any atom is 0.291 e. The smallest absolute Gasteiger partial charge is 0.291 e. The molecule has 3 rings (SSSR count). The number of amides is 1. The first-order chi connectivity index (χ1) is 10.2. The van der Waals surface area contributed by atoms with Crippen molar-refractivity contribution in [2.75, 3.05) is 36.5 Å². The van der Waals surface area contributed by atoms with Gasteiger partial charge in [0, 0.05) is 13.1 Å². The van der Waals surface area contributed by atoms with Gasteiger partial charge in [-0.05, 0) is 31.2 Å². The molecule has 110 valence electrons. The molecule has 0 unspecified atom stereocenters. The topological polar surface area (TPSA) is 54.7 Å². The van der Waals surface area contributed by atoms with Crippen LogP contribution in [-0.4, -0.2) is 32.2 Å². The van der Waals surface area contributed by atoms with Gasteiger partial charge in [0.05, 0.1) is 24.6 Å². The Labute approximate surface area is 123 Å². The van der Waals surface area contributed by atoms with Crippen LogP contribution in [0.3, 0.4) is 0 Å². The minimum absolute atomic E-state index is 0.233. The Bertz CT molecular complexity index is 630. The molecule has 2 aromatic rings. The Balaban J connectivity index is 1.80. The van der Waals surface area contributed by atoms with Gasteiger partial charge in [-0.1, -0.05) is 12.1 Å². The monoisotopic (exact) mass is 286 g/mol. The number of rotatable bonds is 3. The predicted octanol–water partition coefficient (Wildman–Crippen LogP) is 2.68. The Morgan fingerprint density at radius 2 is 1.90 bits per heavy atom. The fourth-order valence-corrected chi connectivity index (χ4v) is 2.40. The van der Waals surface area contributed by atoms with Crippen molar-refractivity contribution in [3.63, 3.8) is 0 Å². The van der Waals surface area contributed by atoms with E-state index in [0.29, 0.717) is 19.0 Å². The lowest BCUT2D eigenvalue weighted by atomic mass is 10.2. The van der Waals surface area contributed by atoms with Crippen LogP contribution in [0.2, 0.25) is 0 Å². The fourth-order valence-electron chi connectivity index (χ4n) is 2.40. The number of para-hydroxylation sites is 2. The third-order valence-corrected chi connectivity index (χ3v) is 3.47. The van der Waals surface area contributed by atoms with Gasteiger partial charge >= 0.3 is 0 Å². The molecule has 1 aromatic carbocycles. The Hall–Kier alpha value is -2.27. The van der Waals surface area contributed by atoms with Gasteiger partial charge in [-0.15, -0.1) is 0 Å². The second-order valence-corrected chi connectivity index (χ2v) is 4.98. The molecule has 5 heteroatoms. The second kappa shape index (κ2) is 6.01. The summed E-state index contributed by atoms with van der Waals surface area (Å²) in [6.45, 7) is 4.89. The Morgan fingerprint density at radius 1 is 1.14 bits per heavy atom. The van der Waals surface area contributed by atoms with Crippen molar-refractivity contribution in [2.45, 2.75) is 6.92 Å². The SMILES string of the molecule is Cc1ccc(C(=O)Nc2ccccc2N2CCOCC2)o1. The van der Waals surface area contributed by atoms with Crippen molar-refractivity contribution in [3.05, 3.63) is 47.9 Å². The number of anilines is 2. The molecule has 2 heterocycles. The molecular weight excluding hydrogens is 268 g/mol. The largest absolute Gasteiger partial charge is 0.456 e. The highest BCUT2D eigenvalue weighted by Crippen LogP contribution is 2.26. The maximum absolute atomic E-state index is 12.2. The summed E-state index contributed by atoms with van der Waals surface area (Å²) in [7, 11) is 0. The number of furan rings is 1. The van der Waals surface area contributed by atoms with Crippen molar-refractivity contribution >= 4 is 17.3 Å². The average Bonchev–Trinajstić information content (AvgIpc) is 2.95. The van der Waals surface area contributed by atoms with Crippen LogP contribution in [0.1, 0.15) is 16.3 Å². The minimum Gasteiger partial charge on any atom is -0.456 e. The zero-order chi connectivity index (χ0) is 14.7. The molecule has 21 heavy (non-hydrogen) atoms. The standard InChI is InChI=1S/C16H18N2O3/c1-12-6-7-15(21-12)16(19)17-13-4-2-3-5-14(13)18-8-10-20-11-9-18/h2-7H,8-11H2,1H3,(H,17,19). The minimum atomic E-state index is -0.233. The van der Waals surface area contributed by atoms with Crippen molar-refractivity contribution in [2.24, 2.45) is 0 Å². The van der Waals surface area contributed by atoms with Crippen molar-refractivity contribution in [3.8, 4) is 0 Å². The van der Waals surface area contributed by atoms with E-state index in [-0.39, 0.29) is 5.91 Å². The van der Waals surface area contributed by atoms with E-state index in [2.05, 4.69) is 10.2 Å². The molecule has 0 bridgehead atoms. The fraction of sp³-hybridized carbons (Fsp3) is 0.312. The third-order valence-electron chi connectivity index (χ3n) is 3.47. The van der Waals surface area contributed by atoms with Gasteiger partial charge in [0.25, 0.3) is 5.91 Å². The van der Waals surface area contributed by atoms with Crippen LogP contribution in [0.15, 0.2) is 40.8 Å². The summed E-state index contributed by atoms with van der Waals surface area (Å²) in [4.78, 5) is 14.4. The number of hydrogen-bond donors (Lipinski definition) is 1. The number of carbonyl (C=O) groups is 1. The van der Waals surface area contributed by atoms with E-state index < -0.39 is 0 Å². The van der Waals surface area contributed by atoms with Crippen LogP contribution in [0.5, 0.6) is 0 Å². The summed E-state index contributed by atoms with van der Waals surface area (Å²) in [6, 6.07) is 11.3. The molecule has 1 aromatic heterocycles. The Morgan fingerprint density at radius 3 is 2.62 bits per heavy atom. The van der Waals surface area contributed by atoms with E-state index in [4.69, 9.17) is 9.15 Å². The van der Waals surface area contributed by atoms with Crippen molar-refractivity contribution in [1.29, 1.82) is 0 Å². The quantitative estimate of drug-likeness (QED) is 0.942. The van der Waals surface area contributed by atoms with Gasteiger partial charge < -0.3 is 19.4 Å². The van der Waals surface area contributed by atoms with Gasteiger partial charge in [-0.3, -0.25) is 4.79 Å². The molecule has 0 spiro atoms. The molecule has 1 amide bonds. The molecule has 1 saturated heterocycles. The first-order valence-electron chi connectivity index (χ1n) is 7.03. The van der Waals surface area contributed by atoms with Crippen molar-refractivity contribution in [1.82, 2.24) is 0 Å². The normalized spacial score (nSPS) is 15.0. The number of aryl methyl sites for hydroxylation is 1. The highest BCUT2D eigenvalue weighted by molar-refractivity contribution is 6.04. The zero-order valence-electron chi connectivity index (χ0n) is 12.0. The van der Waals surface area contributed by atoms with E-state index in [0.717, 1.165) is 30.2 Å². The number of benzene rings is 1. The number of morpholine rings is 1. The zero-order valence-corrected chi connectivity index (χ0v) is 12.0. The molecule has 1 N–H and O–H groups in total. The summed E-state index contributed by atoms with van der Waals surface area (Å²) >= 11 is 0. The maximum atomic E-state index is 12.2.